The molecule has 0 aliphatic carbocycles. The first kappa shape index (κ1) is 20.1. The van der Waals surface area contributed by atoms with Gasteiger partial charge in [-0.2, -0.15) is 13.2 Å². The van der Waals surface area contributed by atoms with E-state index in [2.05, 4.69) is 15.3 Å². The highest BCUT2D eigenvalue weighted by atomic mass is 19.4. The van der Waals surface area contributed by atoms with Gasteiger partial charge in [-0.1, -0.05) is 12.1 Å². The predicted molar refractivity (Wildman–Crippen MR) is 111 cm³/mol. The van der Waals surface area contributed by atoms with Crippen molar-refractivity contribution in [1.29, 1.82) is 0 Å². The summed E-state index contributed by atoms with van der Waals surface area (Å²) in [7, 11) is 0. The Balaban J connectivity index is 1.70. The van der Waals surface area contributed by atoms with Crippen molar-refractivity contribution in [1.82, 2.24) is 9.97 Å². The molecule has 0 atom stereocenters. The number of aromatic amines is 1. The standard InChI is InChI=1S/C22H15F3N4O2/c23-22(24,25)17-7-3-13(20(26)31)11-16(17)12-1-4-14(5-2-12)28-18-9-10-27-21-15(18)6-8-19(30)29-21/h1-11H,(H2,26,31)(H2,27,28,29,30). The van der Waals surface area contributed by atoms with Crippen molar-refractivity contribution in [2.24, 2.45) is 5.73 Å². The van der Waals surface area contributed by atoms with Crippen LogP contribution >= 0.6 is 0 Å². The van der Waals surface area contributed by atoms with Crippen LogP contribution in [0, 0.1) is 0 Å². The van der Waals surface area contributed by atoms with Gasteiger partial charge < -0.3 is 16.0 Å². The lowest BCUT2D eigenvalue weighted by Gasteiger charge is -2.15. The van der Waals surface area contributed by atoms with Crippen molar-refractivity contribution in [3.63, 3.8) is 0 Å². The summed E-state index contributed by atoms with van der Waals surface area (Å²) in [5.41, 5.74) is 5.91. The molecular weight excluding hydrogens is 409 g/mol. The number of aromatic nitrogens is 2. The first-order valence-corrected chi connectivity index (χ1v) is 9.09. The number of nitrogens with one attached hydrogen (secondary N) is 2. The second kappa shape index (κ2) is 7.60. The third-order valence-corrected chi connectivity index (χ3v) is 4.72. The van der Waals surface area contributed by atoms with Crippen LogP contribution < -0.4 is 16.6 Å². The summed E-state index contributed by atoms with van der Waals surface area (Å²) < 4.78 is 40.4. The SMILES string of the molecule is NC(=O)c1ccc(C(F)(F)F)c(-c2ccc(Nc3ccnc4[nH]c(=O)ccc34)cc2)c1. The molecule has 4 aromatic rings. The Morgan fingerprint density at radius 3 is 2.42 bits per heavy atom. The molecule has 2 heterocycles. The Hall–Kier alpha value is -4.14. The van der Waals surface area contributed by atoms with Crippen LogP contribution in [0.15, 0.2) is 71.7 Å². The van der Waals surface area contributed by atoms with E-state index in [9.17, 15) is 22.8 Å². The Morgan fingerprint density at radius 2 is 1.74 bits per heavy atom. The van der Waals surface area contributed by atoms with Gasteiger partial charge in [-0.05, 0) is 53.6 Å². The van der Waals surface area contributed by atoms with Gasteiger partial charge in [0.15, 0.2) is 0 Å². The van der Waals surface area contributed by atoms with Gasteiger partial charge in [0, 0.05) is 28.9 Å². The minimum Gasteiger partial charge on any atom is -0.366 e. The maximum absolute atomic E-state index is 13.5. The normalized spacial score (nSPS) is 11.5. The average Bonchev–Trinajstić information content (AvgIpc) is 2.73. The number of H-pyrrole nitrogens is 1. The molecule has 0 spiro atoms. The Morgan fingerprint density at radius 1 is 1.00 bits per heavy atom. The van der Waals surface area contributed by atoms with Gasteiger partial charge in [-0.25, -0.2) is 4.98 Å². The van der Waals surface area contributed by atoms with Crippen molar-refractivity contribution < 1.29 is 18.0 Å². The number of halogens is 3. The number of hydrogen-bond donors (Lipinski definition) is 3. The maximum Gasteiger partial charge on any atom is 0.417 e. The monoisotopic (exact) mass is 424 g/mol. The fourth-order valence-corrected chi connectivity index (χ4v) is 3.24. The summed E-state index contributed by atoms with van der Waals surface area (Å²) in [4.78, 5) is 29.6. The number of primary amides is 1. The molecule has 1 amide bonds. The van der Waals surface area contributed by atoms with Crippen LogP contribution in [0.4, 0.5) is 24.5 Å². The van der Waals surface area contributed by atoms with Crippen LogP contribution in [0.1, 0.15) is 15.9 Å². The lowest BCUT2D eigenvalue weighted by molar-refractivity contribution is -0.137. The van der Waals surface area contributed by atoms with Gasteiger partial charge in [0.05, 0.1) is 11.3 Å². The number of anilines is 2. The number of benzene rings is 2. The molecule has 9 heteroatoms. The summed E-state index contributed by atoms with van der Waals surface area (Å²) in [6.45, 7) is 0. The summed E-state index contributed by atoms with van der Waals surface area (Å²) in [6.07, 6.45) is -3.06. The van der Waals surface area contributed by atoms with Crippen molar-refractivity contribution in [2.45, 2.75) is 6.18 Å². The van der Waals surface area contributed by atoms with E-state index in [0.717, 1.165) is 18.2 Å². The third kappa shape index (κ3) is 4.11. The molecule has 31 heavy (non-hydrogen) atoms. The van der Waals surface area contributed by atoms with Crippen LogP contribution in [0.5, 0.6) is 0 Å². The van der Waals surface area contributed by atoms with Gasteiger partial charge in [0.2, 0.25) is 11.5 Å². The summed E-state index contributed by atoms with van der Waals surface area (Å²) in [5, 5.41) is 3.84. The molecule has 0 unspecified atom stereocenters. The molecule has 0 bridgehead atoms. The second-order valence-corrected chi connectivity index (χ2v) is 6.77. The molecule has 2 aromatic heterocycles. The number of rotatable bonds is 4. The first-order valence-electron chi connectivity index (χ1n) is 9.09. The van der Waals surface area contributed by atoms with E-state index < -0.39 is 17.6 Å². The third-order valence-electron chi connectivity index (χ3n) is 4.72. The molecule has 0 fully saturated rings. The quantitative estimate of drug-likeness (QED) is 0.451. The van der Waals surface area contributed by atoms with Crippen molar-refractivity contribution in [3.05, 3.63) is 88.3 Å². The van der Waals surface area contributed by atoms with Gasteiger partial charge >= 0.3 is 6.18 Å². The molecular formula is C22H15F3N4O2. The number of nitrogens with zero attached hydrogens (tertiary/aromatic N) is 1. The van der Waals surface area contributed by atoms with Gasteiger partial charge in [-0.15, -0.1) is 0 Å². The van der Waals surface area contributed by atoms with Crippen LogP contribution in [0.2, 0.25) is 0 Å². The minimum absolute atomic E-state index is 0.0116. The number of pyridine rings is 2. The highest BCUT2D eigenvalue weighted by molar-refractivity contribution is 5.95. The Kier molecular flexibility index (Phi) is 4.94. The lowest BCUT2D eigenvalue weighted by atomic mass is 9.96. The first-order chi connectivity index (χ1) is 14.7. The molecule has 0 aliphatic rings. The minimum atomic E-state index is -4.59. The molecule has 6 nitrogen and oxygen atoms in total. The van der Waals surface area contributed by atoms with Crippen LogP contribution in [0.3, 0.4) is 0 Å². The van der Waals surface area contributed by atoms with E-state index in [1.165, 1.54) is 24.4 Å². The molecule has 156 valence electrons. The number of nitrogens with two attached hydrogens (primary N) is 1. The van der Waals surface area contributed by atoms with Crippen molar-refractivity contribution in [3.8, 4) is 11.1 Å². The summed E-state index contributed by atoms with van der Waals surface area (Å²) in [5.74, 6) is -0.809. The van der Waals surface area contributed by atoms with Crippen molar-refractivity contribution >= 4 is 28.3 Å². The molecule has 2 aromatic carbocycles. The van der Waals surface area contributed by atoms with Gasteiger partial charge in [0.1, 0.15) is 5.65 Å². The average molecular weight is 424 g/mol. The zero-order valence-electron chi connectivity index (χ0n) is 15.8. The largest absolute Gasteiger partial charge is 0.417 e. The van der Waals surface area contributed by atoms with E-state index >= 15 is 0 Å². The molecule has 0 radical (unpaired) electrons. The molecule has 4 N–H and O–H groups in total. The molecule has 4 rings (SSSR count). The fraction of sp³-hybridized carbons (Fsp3) is 0.0455. The number of amides is 1. The topological polar surface area (TPSA) is 101 Å². The highest BCUT2D eigenvalue weighted by Gasteiger charge is 2.34. The number of carbonyl (C=O) groups is 1. The number of fused-ring (bicyclic) bond motifs is 1. The fourth-order valence-electron chi connectivity index (χ4n) is 3.24. The Bertz CT molecular complexity index is 1350. The molecule has 0 saturated carbocycles. The van der Waals surface area contributed by atoms with Gasteiger partial charge in [-0.3, -0.25) is 9.59 Å². The lowest BCUT2D eigenvalue weighted by Crippen LogP contribution is -2.13. The van der Waals surface area contributed by atoms with E-state index in [-0.39, 0.29) is 22.2 Å². The van der Waals surface area contributed by atoms with Crippen LogP contribution in [0.25, 0.3) is 22.2 Å². The zero-order chi connectivity index (χ0) is 22.2. The molecule has 0 saturated heterocycles. The van der Waals surface area contributed by atoms with Crippen LogP contribution in [-0.2, 0) is 6.18 Å². The predicted octanol–water partition coefficient (Wildman–Crippen LogP) is 4.45. The van der Waals surface area contributed by atoms with Crippen LogP contribution in [-0.4, -0.2) is 15.9 Å². The van der Waals surface area contributed by atoms with E-state index in [1.807, 2.05) is 0 Å². The molecule has 0 aliphatic heterocycles. The number of carbonyl (C=O) groups excluding carboxylic acids is 1. The highest BCUT2D eigenvalue weighted by Crippen LogP contribution is 2.38. The second-order valence-electron chi connectivity index (χ2n) is 6.77. The summed E-state index contributed by atoms with van der Waals surface area (Å²) >= 11 is 0. The van der Waals surface area contributed by atoms with E-state index in [0.29, 0.717) is 22.4 Å². The zero-order valence-corrected chi connectivity index (χ0v) is 15.8. The number of hydrogen-bond acceptors (Lipinski definition) is 4. The Labute approximate surface area is 173 Å². The smallest absolute Gasteiger partial charge is 0.366 e. The van der Waals surface area contributed by atoms with E-state index in [1.54, 1.807) is 24.3 Å². The maximum atomic E-state index is 13.5. The van der Waals surface area contributed by atoms with E-state index in [4.69, 9.17) is 5.73 Å². The van der Waals surface area contributed by atoms with Crippen molar-refractivity contribution in [2.75, 3.05) is 5.32 Å². The summed E-state index contributed by atoms with van der Waals surface area (Å²) in [6, 6.07) is 14.0. The number of alkyl halides is 3. The van der Waals surface area contributed by atoms with Gasteiger partial charge in [0.25, 0.3) is 0 Å².